The SMILES string of the molecule is CCP(=O)(C(=O)c1c(C)cccc1C)C(=O)c1c(OC)cc(C)cc1OC. The Morgan fingerprint density at radius 3 is 1.74 bits per heavy atom. The molecule has 0 spiro atoms. The molecule has 0 amide bonds. The van der Waals surface area contributed by atoms with Crippen molar-refractivity contribution in [2.45, 2.75) is 27.7 Å². The maximum absolute atomic E-state index is 13.7. The molecule has 1 unspecified atom stereocenters. The normalized spacial score (nSPS) is 13.0. The van der Waals surface area contributed by atoms with Crippen molar-refractivity contribution >= 4 is 18.2 Å². The highest BCUT2D eigenvalue weighted by molar-refractivity contribution is 7.95. The highest BCUT2D eigenvalue weighted by Crippen LogP contribution is 2.54. The minimum atomic E-state index is -3.91. The van der Waals surface area contributed by atoms with E-state index < -0.39 is 18.2 Å². The smallest absolute Gasteiger partial charge is 0.236 e. The summed E-state index contributed by atoms with van der Waals surface area (Å²) in [7, 11) is -1.06. The van der Waals surface area contributed by atoms with Crippen molar-refractivity contribution in [3.8, 4) is 11.5 Å². The second kappa shape index (κ2) is 8.10. The quantitative estimate of drug-likeness (QED) is 0.625. The van der Waals surface area contributed by atoms with Crippen LogP contribution in [0.2, 0.25) is 0 Å². The number of hydrogen-bond donors (Lipinski definition) is 0. The number of aryl methyl sites for hydroxylation is 3. The number of carbonyl (C=O) groups is 2. The molecule has 0 bridgehead atoms. The Morgan fingerprint density at radius 2 is 1.33 bits per heavy atom. The number of carbonyl (C=O) groups excluding carboxylic acids is 2. The first-order valence-corrected chi connectivity index (χ1v) is 10.6. The van der Waals surface area contributed by atoms with E-state index in [0.29, 0.717) is 16.7 Å². The third-order valence-corrected chi connectivity index (χ3v) is 7.31. The number of rotatable bonds is 7. The summed E-state index contributed by atoms with van der Waals surface area (Å²) in [5, 5.41) is 0. The summed E-state index contributed by atoms with van der Waals surface area (Å²) in [6.45, 7) is 6.98. The van der Waals surface area contributed by atoms with Gasteiger partial charge in [0, 0.05) is 11.7 Å². The maximum Gasteiger partial charge on any atom is 0.236 e. The van der Waals surface area contributed by atoms with Gasteiger partial charge >= 0.3 is 0 Å². The Kier molecular flexibility index (Phi) is 6.27. The molecule has 0 aliphatic heterocycles. The van der Waals surface area contributed by atoms with E-state index in [1.165, 1.54) is 14.2 Å². The van der Waals surface area contributed by atoms with Crippen LogP contribution in [0, 0.1) is 20.8 Å². The van der Waals surface area contributed by atoms with Gasteiger partial charge in [-0.2, -0.15) is 0 Å². The van der Waals surface area contributed by atoms with E-state index in [9.17, 15) is 14.2 Å². The lowest BCUT2D eigenvalue weighted by molar-refractivity contribution is 0.103. The second-order valence-electron chi connectivity index (χ2n) is 6.48. The highest BCUT2D eigenvalue weighted by atomic mass is 31.2. The number of hydrogen-bond acceptors (Lipinski definition) is 5. The molecule has 0 aromatic heterocycles. The molecule has 27 heavy (non-hydrogen) atoms. The van der Waals surface area contributed by atoms with Gasteiger partial charge in [0.15, 0.2) is 0 Å². The summed E-state index contributed by atoms with van der Waals surface area (Å²) in [4.78, 5) is 26.6. The predicted molar refractivity (Wildman–Crippen MR) is 107 cm³/mol. The Hall–Kier alpha value is -2.39. The van der Waals surface area contributed by atoms with Gasteiger partial charge in [-0.3, -0.25) is 9.59 Å². The fourth-order valence-corrected chi connectivity index (χ4v) is 5.20. The Labute approximate surface area is 160 Å². The van der Waals surface area contributed by atoms with Crippen LogP contribution in [0.1, 0.15) is 44.3 Å². The molecule has 0 aliphatic rings. The van der Waals surface area contributed by atoms with Gasteiger partial charge in [-0.1, -0.05) is 25.1 Å². The van der Waals surface area contributed by atoms with Gasteiger partial charge in [0.25, 0.3) is 0 Å². The van der Waals surface area contributed by atoms with Crippen LogP contribution in [0.5, 0.6) is 11.5 Å². The number of benzene rings is 2. The van der Waals surface area contributed by atoms with Gasteiger partial charge in [-0.15, -0.1) is 0 Å². The summed E-state index contributed by atoms with van der Waals surface area (Å²) in [6, 6.07) is 8.71. The standard InChI is InChI=1S/C21H25O5P/c1-7-27(24,20(22)18-14(3)9-8-10-15(18)4)21(23)19-16(25-5)11-13(2)12-17(19)26-6/h8-12H,7H2,1-6H3. The molecule has 2 rings (SSSR count). The number of methoxy groups -OCH3 is 2. The Morgan fingerprint density at radius 1 is 0.889 bits per heavy atom. The van der Waals surface area contributed by atoms with Crippen molar-refractivity contribution in [3.63, 3.8) is 0 Å². The zero-order valence-corrected chi connectivity index (χ0v) is 17.5. The summed E-state index contributed by atoms with van der Waals surface area (Å²) >= 11 is 0. The zero-order chi connectivity index (χ0) is 20.4. The van der Waals surface area contributed by atoms with Gasteiger partial charge < -0.3 is 14.0 Å². The van der Waals surface area contributed by atoms with Crippen LogP contribution in [0.4, 0.5) is 0 Å². The van der Waals surface area contributed by atoms with E-state index in [1.807, 2.05) is 13.0 Å². The molecule has 0 radical (unpaired) electrons. The average molecular weight is 388 g/mol. The van der Waals surface area contributed by atoms with E-state index in [-0.39, 0.29) is 23.2 Å². The summed E-state index contributed by atoms with van der Waals surface area (Å²) in [6.07, 6.45) is -0.0708. The molecule has 0 saturated carbocycles. The molecule has 2 aromatic carbocycles. The molecule has 0 N–H and O–H groups in total. The monoisotopic (exact) mass is 388 g/mol. The largest absolute Gasteiger partial charge is 0.496 e. The molecule has 6 heteroatoms. The van der Waals surface area contributed by atoms with Crippen LogP contribution in [-0.2, 0) is 4.57 Å². The van der Waals surface area contributed by atoms with Gasteiger partial charge in [-0.25, -0.2) is 0 Å². The summed E-state index contributed by atoms with van der Waals surface area (Å²) in [5.74, 6) is 0.500. The minimum absolute atomic E-state index is 0.0513. The van der Waals surface area contributed by atoms with E-state index >= 15 is 0 Å². The molecule has 0 fully saturated rings. The van der Waals surface area contributed by atoms with Crippen LogP contribution in [0.3, 0.4) is 0 Å². The Balaban J connectivity index is 2.69. The van der Waals surface area contributed by atoms with Crippen LogP contribution in [0.15, 0.2) is 30.3 Å². The fraction of sp³-hybridized carbons (Fsp3) is 0.333. The number of ether oxygens (including phenoxy) is 2. The molecular weight excluding hydrogens is 363 g/mol. The molecule has 0 aliphatic carbocycles. The molecule has 144 valence electrons. The summed E-state index contributed by atoms with van der Waals surface area (Å²) in [5.41, 5.74) is 1.28. The van der Waals surface area contributed by atoms with Crippen LogP contribution < -0.4 is 9.47 Å². The zero-order valence-electron chi connectivity index (χ0n) is 16.6. The van der Waals surface area contributed by atoms with E-state index in [1.54, 1.807) is 45.0 Å². The lowest BCUT2D eigenvalue weighted by atomic mass is 10.0. The van der Waals surface area contributed by atoms with Crippen LogP contribution in [-0.4, -0.2) is 31.4 Å². The first kappa shape index (κ1) is 20.9. The van der Waals surface area contributed by atoms with Gasteiger partial charge in [0.05, 0.1) is 14.2 Å². The van der Waals surface area contributed by atoms with Crippen molar-refractivity contribution in [3.05, 3.63) is 58.1 Å². The minimum Gasteiger partial charge on any atom is -0.496 e. The van der Waals surface area contributed by atoms with Gasteiger partial charge in [0.2, 0.25) is 18.2 Å². The Bertz CT molecular complexity index is 900. The predicted octanol–water partition coefficient (Wildman–Crippen LogP) is 4.99. The molecule has 0 heterocycles. The second-order valence-corrected chi connectivity index (χ2v) is 9.40. The van der Waals surface area contributed by atoms with Crippen LogP contribution >= 0.6 is 7.14 Å². The van der Waals surface area contributed by atoms with Gasteiger partial charge in [0.1, 0.15) is 17.1 Å². The molecule has 2 aromatic rings. The third-order valence-electron chi connectivity index (χ3n) is 4.66. The molecule has 0 saturated heterocycles. The van der Waals surface area contributed by atoms with Crippen molar-refractivity contribution < 1.29 is 23.6 Å². The lowest BCUT2D eigenvalue weighted by Crippen LogP contribution is -2.16. The molecule has 5 nitrogen and oxygen atoms in total. The van der Waals surface area contributed by atoms with Crippen molar-refractivity contribution in [1.29, 1.82) is 0 Å². The topological polar surface area (TPSA) is 69.7 Å². The van der Waals surface area contributed by atoms with Crippen LogP contribution in [0.25, 0.3) is 0 Å². The molecule has 1 atom stereocenters. The van der Waals surface area contributed by atoms with Gasteiger partial charge in [-0.05, 0) is 49.6 Å². The molecular formula is C21H25O5P. The average Bonchev–Trinajstić information content (AvgIpc) is 2.65. The first-order chi connectivity index (χ1) is 12.7. The van der Waals surface area contributed by atoms with Crippen molar-refractivity contribution in [2.24, 2.45) is 0 Å². The first-order valence-electron chi connectivity index (χ1n) is 8.68. The fourth-order valence-electron chi connectivity index (χ4n) is 3.15. The third kappa shape index (κ3) is 3.70. The van der Waals surface area contributed by atoms with E-state index in [4.69, 9.17) is 9.47 Å². The highest BCUT2D eigenvalue weighted by Gasteiger charge is 2.42. The van der Waals surface area contributed by atoms with Crippen molar-refractivity contribution in [2.75, 3.05) is 20.4 Å². The van der Waals surface area contributed by atoms with Crippen molar-refractivity contribution in [1.82, 2.24) is 0 Å². The lowest BCUT2D eigenvalue weighted by Gasteiger charge is -2.20. The maximum atomic E-state index is 13.7. The van der Waals surface area contributed by atoms with E-state index in [0.717, 1.165) is 5.56 Å². The summed E-state index contributed by atoms with van der Waals surface area (Å²) < 4.78 is 24.4. The van der Waals surface area contributed by atoms with E-state index in [2.05, 4.69) is 0 Å².